The minimum Gasteiger partial charge on any atom is -0.304 e. The van der Waals surface area contributed by atoms with Crippen LogP contribution in [0.4, 0.5) is 0 Å². The van der Waals surface area contributed by atoms with Crippen molar-refractivity contribution in [1.29, 1.82) is 0 Å². The summed E-state index contributed by atoms with van der Waals surface area (Å²) in [5.41, 5.74) is 3.66. The molecule has 0 unspecified atom stereocenters. The van der Waals surface area contributed by atoms with Crippen molar-refractivity contribution in [1.82, 2.24) is 0 Å². The van der Waals surface area contributed by atoms with E-state index in [1.807, 2.05) is 6.07 Å². The van der Waals surface area contributed by atoms with Gasteiger partial charge in [0.2, 0.25) is 0 Å². The SMILES string of the molecule is NOCC/C=C/c1ccc(-c2ccccc2)cc1. The molecular formula is C16H17NO. The van der Waals surface area contributed by atoms with Gasteiger partial charge in [0.15, 0.2) is 0 Å². The van der Waals surface area contributed by atoms with Crippen LogP contribution in [0.1, 0.15) is 12.0 Å². The molecule has 0 heterocycles. The van der Waals surface area contributed by atoms with Crippen LogP contribution in [0.25, 0.3) is 17.2 Å². The van der Waals surface area contributed by atoms with Crippen molar-refractivity contribution < 1.29 is 4.84 Å². The van der Waals surface area contributed by atoms with Crippen LogP contribution in [0.5, 0.6) is 0 Å². The molecule has 18 heavy (non-hydrogen) atoms. The lowest BCUT2D eigenvalue weighted by molar-refractivity contribution is 0.143. The Labute approximate surface area is 108 Å². The fourth-order valence-corrected chi connectivity index (χ4v) is 1.77. The smallest absolute Gasteiger partial charge is 0.0713 e. The van der Waals surface area contributed by atoms with Gasteiger partial charge in [0, 0.05) is 0 Å². The summed E-state index contributed by atoms with van der Waals surface area (Å²) < 4.78 is 0. The van der Waals surface area contributed by atoms with E-state index in [0.29, 0.717) is 6.61 Å². The Balaban J connectivity index is 2.04. The Bertz CT molecular complexity index is 488. The molecule has 0 aliphatic carbocycles. The zero-order chi connectivity index (χ0) is 12.6. The molecule has 0 radical (unpaired) electrons. The minimum atomic E-state index is 0.554. The second kappa shape index (κ2) is 6.74. The van der Waals surface area contributed by atoms with E-state index in [-0.39, 0.29) is 0 Å². The summed E-state index contributed by atoms with van der Waals surface area (Å²) in [5.74, 6) is 4.96. The second-order valence-electron chi connectivity index (χ2n) is 4.05. The molecule has 0 bridgehead atoms. The Morgan fingerprint density at radius 2 is 1.56 bits per heavy atom. The number of hydrogen-bond donors (Lipinski definition) is 1. The summed E-state index contributed by atoms with van der Waals surface area (Å²) in [6, 6.07) is 18.9. The number of benzene rings is 2. The average molecular weight is 239 g/mol. The molecule has 0 saturated carbocycles. The molecule has 0 aliphatic heterocycles. The van der Waals surface area contributed by atoms with E-state index in [1.54, 1.807) is 0 Å². The number of rotatable bonds is 5. The van der Waals surface area contributed by atoms with Gasteiger partial charge in [-0.3, -0.25) is 0 Å². The van der Waals surface area contributed by atoms with Crippen LogP contribution in [-0.2, 0) is 4.84 Å². The first-order valence-corrected chi connectivity index (χ1v) is 6.04. The molecule has 2 rings (SSSR count). The van der Waals surface area contributed by atoms with Gasteiger partial charge in [0.05, 0.1) is 6.61 Å². The molecule has 0 atom stereocenters. The van der Waals surface area contributed by atoms with E-state index >= 15 is 0 Å². The molecule has 2 aromatic rings. The quantitative estimate of drug-likeness (QED) is 0.638. The van der Waals surface area contributed by atoms with Crippen molar-refractivity contribution >= 4 is 6.08 Å². The molecule has 0 saturated heterocycles. The first-order chi connectivity index (χ1) is 8.90. The van der Waals surface area contributed by atoms with Crippen molar-refractivity contribution in [3.63, 3.8) is 0 Å². The average Bonchev–Trinajstić information content (AvgIpc) is 2.45. The van der Waals surface area contributed by atoms with Crippen molar-refractivity contribution in [2.75, 3.05) is 6.61 Å². The van der Waals surface area contributed by atoms with Gasteiger partial charge in [-0.2, -0.15) is 0 Å². The van der Waals surface area contributed by atoms with E-state index in [4.69, 9.17) is 5.90 Å². The largest absolute Gasteiger partial charge is 0.304 e. The maximum Gasteiger partial charge on any atom is 0.0713 e. The molecular weight excluding hydrogens is 222 g/mol. The molecule has 2 heteroatoms. The third kappa shape index (κ3) is 3.55. The van der Waals surface area contributed by atoms with Crippen LogP contribution in [0.15, 0.2) is 60.7 Å². The molecule has 0 fully saturated rings. The van der Waals surface area contributed by atoms with Gasteiger partial charge in [-0.15, -0.1) is 0 Å². The summed E-state index contributed by atoms with van der Waals surface area (Å²) in [4.78, 5) is 4.51. The molecule has 0 amide bonds. The lowest BCUT2D eigenvalue weighted by atomic mass is 10.0. The highest BCUT2D eigenvalue weighted by Gasteiger charge is 1.95. The van der Waals surface area contributed by atoms with Gasteiger partial charge < -0.3 is 4.84 Å². The Hall–Kier alpha value is -1.90. The van der Waals surface area contributed by atoms with Crippen molar-refractivity contribution in [3.8, 4) is 11.1 Å². The summed E-state index contributed by atoms with van der Waals surface area (Å²) in [6.45, 7) is 0.554. The lowest BCUT2D eigenvalue weighted by Gasteiger charge is -2.01. The van der Waals surface area contributed by atoms with E-state index in [2.05, 4.69) is 65.5 Å². The zero-order valence-corrected chi connectivity index (χ0v) is 10.3. The third-order valence-electron chi connectivity index (χ3n) is 2.73. The molecule has 0 aromatic heterocycles. The third-order valence-corrected chi connectivity index (χ3v) is 2.73. The van der Waals surface area contributed by atoms with Gasteiger partial charge in [0.25, 0.3) is 0 Å². The number of hydrogen-bond acceptors (Lipinski definition) is 2. The van der Waals surface area contributed by atoms with Crippen molar-refractivity contribution in [2.24, 2.45) is 5.90 Å². The van der Waals surface area contributed by atoms with Gasteiger partial charge >= 0.3 is 0 Å². The normalized spacial score (nSPS) is 10.9. The minimum absolute atomic E-state index is 0.554. The summed E-state index contributed by atoms with van der Waals surface area (Å²) in [5, 5.41) is 0. The maximum atomic E-state index is 4.96. The molecule has 92 valence electrons. The van der Waals surface area contributed by atoms with Crippen molar-refractivity contribution in [2.45, 2.75) is 6.42 Å². The molecule has 0 spiro atoms. The summed E-state index contributed by atoms with van der Waals surface area (Å²) in [7, 11) is 0. The Kier molecular flexibility index (Phi) is 4.70. The topological polar surface area (TPSA) is 35.2 Å². The molecule has 2 N–H and O–H groups in total. The van der Waals surface area contributed by atoms with Crippen LogP contribution >= 0.6 is 0 Å². The number of nitrogens with two attached hydrogens (primary N) is 1. The first kappa shape index (κ1) is 12.6. The highest BCUT2D eigenvalue weighted by Crippen LogP contribution is 2.19. The van der Waals surface area contributed by atoms with E-state index in [9.17, 15) is 0 Å². The van der Waals surface area contributed by atoms with Gasteiger partial charge in [-0.25, -0.2) is 5.90 Å². The van der Waals surface area contributed by atoms with E-state index < -0.39 is 0 Å². The van der Waals surface area contributed by atoms with Gasteiger partial charge in [0.1, 0.15) is 0 Å². The van der Waals surface area contributed by atoms with Crippen LogP contribution in [-0.4, -0.2) is 6.61 Å². The highest BCUT2D eigenvalue weighted by atomic mass is 16.6. The highest BCUT2D eigenvalue weighted by molar-refractivity contribution is 5.65. The predicted octanol–water partition coefficient (Wildman–Crippen LogP) is 3.65. The van der Waals surface area contributed by atoms with E-state index in [1.165, 1.54) is 16.7 Å². The van der Waals surface area contributed by atoms with Crippen LogP contribution in [0, 0.1) is 0 Å². The maximum absolute atomic E-state index is 4.96. The van der Waals surface area contributed by atoms with Crippen molar-refractivity contribution in [3.05, 3.63) is 66.2 Å². The lowest BCUT2D eigenvalue weighted by Crippen LogP contribution is -1.98. The molecule has 2 aromatic carbocycles. The second-order valence-corrected chi connectivity index (χ2v) is 4.05. The monoisotopic (exact) mass is 239 g/mol. The Morgan fingerprint density at radius 3 is 2.22 bits per heavy atom. The van der Waals surface area contributed by atoms with Crippen LogP contribution < -0.4 is 5.90 Å². The van der Waals surface area contributed by atoms with Gasteiger partial charge in [-0.1, -0.05) is 66.7 Å². The summed E-state index contributed by atoms with van der Waals surface area (Å²) >= 11 is 0. The fourth-order valence-electron chi connectivity index (χ4n) is 1.77. The first-order valence-electron chi connectivity index (χ1n) is 6.04. The summed E-state index contributed by atoms with van der Waals surface area (Å²) in [6.07, 6.45) is 4.97. The zero-order valence-electron chi connectivity index (χ0n) is 10.3. The fraction of sp³-hybridized carbons (Fsp3) is 0.125. The predicted molar refractivity (Wildman–Crippen MR) is 75.7 cm³/mol. The molecule has 0 aliphatic rings. The standard InChI is InChI=1S/C16H17NO/c17-18-13-5-4-6-14-9-11-16(12-10-14)15-7-2-1-3-8-15/h1-4,6-12H,5,13,17H2/b6-4+. The Morgan fingerprint density at radius 1 is 0.889 bits per heavy atom. The van der Waals surface area contributed by atoms with Gasteiger partial charge in [-0.05, 0) is 23.1 Å². The molecule has 2 nitrogen and oxygen atoms in total. The van der Waals surface area contributed by atoms with Crippen LogP contribution in [0.2, 0.25) is 0 Å². The van der Waals surface area contributed by atoms with Crippen LogP contribution in [0.3, 0.4) is 0 Å². The van der Waals surface area contributed by atoms with E-state index in [0.717, 1.165) is 6.42 Å².